The standard InChI is InChI=1S/C25H33N5O3S/c1-17-12-18(2)14-29(13-17)24-27-28-25(30(24)15-20-8-7-11-33-20)34-16-23(31)26-19(3)21-9-5-6-10-22(21)32-4/h5-11,17-19H,12-16H2,1-4H3,(H,26,31). The van der Waals surface area contributed by atoms with Crippen molar-refractivity contribution in [3.63, 3.8) is 0 Å². The minimum atomic E-state index is -0.169. The first-order valence-electron chi connectivity index (χ1n) is 11.7. The minimum Gasteiger partial charge on any atom is -0.496 e. The normalized spacial score (nSPS) is 19.1. The molecule has 34 heavy (non-hydrogen) atoms. The van der Waals surface area contributed by atoms with Gasteiger partial charge in [-0.1, -0.05) is 43.8 Å². The lowest BCUT2D eigenvalue weighted by Gasteiger charge is -2.35. The van der Waals surface area contributed by atoms with Crippen LogP contribution in [0.1, 0.15) is 44.6 Å². The van der Waals surface area contributed by atoms with Gasteiger partial charge in [-0.05, 0) is 43.4 Å². The zero-order valence-corrected chi connectivity index (χ0v) is 21.0. The summed E-state index contributed by atoms with van der Waals surface area (Å²) in [7, 11) is 1.64. The van der Waals surface area contributed by atoms with E-state index in [1.165, 1.54) is 18.2 Å². The lowest BCUT2D eigenvalue weighted by atomic mass is 9.92. The summed E-state index contributed by atoms with van der Waals surface area (Å²) in [5, 5.41) is 12.7. The molecule has 0 bridgehead atoms. The highest BCUT2D eigenvalue weighted by atomic mass is 32.2. The highest BCUT2D eigenvalue weighted by Crippen LogP contribution is 2.29. The Morgan fingerprint density at radius 2 is 1.97 bits per heavy atom. The average molecular weight is 484 g/mol. The molecule has 1 aliphatic rings. The van der Waals surface area contributed by atoms with E-state index in [-0.39, 0.29) is 17.7 Å². The van der Waals surface area contributed by atoms with E-state index in [1.807, 2.05) is 43.3 Å². The number of anilines is 1. The highest BCUT2D eigenvalue weighted by Gasteiger charge is 2.27. The summed E-state index contributed by atoms with van der Waals surface area (Å²) in [5.74, 6) is 3.78. The second-order valence-corrected chi connectivity index (χ2v) is 10.1. The SMILES string of the molecule is COc1ccccc1C(C)NC(=O)CSc1nnc(N2CC(C)CC(C)C2)n1Cc1ccco1. The van der Waals surface area contributed by atoms with E-state index in [0.717, 1.165) is 36.1 Å². The summed E-state index contributed by atoms with van der Waals surface area (Å²) >= 11 is 1.39. The molecule has 1 N–H and O–H groups in total. The van der Waals surface area contributed by atoms with Gasteiger partial charge in [0.25, 0.3) is 0 Å². The number of hydrogen-bond donors (Lipinski definition) is 1. The van der Waals surface area contributed by atoms with Gasteiger partial charge in [0.2, 0.25) is 11.9 Å². The number of piperidine rings is 1. The maximum atomic E-state index is 12.8. The van der Waals surface area contributed by atoms with E-state index >= 15 is 0 Å². The molecule has 1 saturated heterocycles. The zero-order valence-electron chi connectivity index (χ0n) is 20.2. The van der Waals surface area contributed by atoms with Crippen molar-refractivity contribution in [1.29, 1.82) is 0 Å². The van der Waals surface area contributed by atoms with E-state index in [0.29, 0.717) is 23.5 Å². The minimum absolute atomic E-state index is 0.0716. The van der Waals surface area contributed by atoms with E-state index in [1.54, 1.807) is 13.4 Å². The third kappa shape index (κ3) is 5.75. The van der Waals surface area contributed by atoms with Crippen molar-refractivity contribution in [1.82, 2.24) is 20.1 Å². The van der Waals surface area contributed by atoms with Gasteiger partial charge in [-0.25, -0.2) is 0 Å². The van der Waals surface area contributed by atoms with Crippen molar-refractivity contribution in [2.24, 2.45) is 11.8 Å². The molecule has 9 heteroatoms. The van der Waals surface area contributed by atoms with Gasteiger partial charge in [-0.3, -0.25) is 9.36 Å². The number of benzene rings is 1. The molecular weight excluding hydrogens is 450 g/mol. The Bertz CT molecular complexity index is 1070. The third-order valence-corrected chi connectivity index (χ3v) is 7.03. The number of carbonyl (C=O) groups excluding carboxylic acids is 1. The van der Waals surface area contributed by atoms with Crippen LogP contribution in [-0.4, -0.2) is 46.6 Å². The largest absolute Gasteiger partial charge is 0.496 e. The molecule has 0 radical (unpaired) electrons. The molecule has 4 rings (SSSR count). The average Bonchev–Trinajstić information content (AvgIpc) is 3.47. The van der Waals surface area contributed by atoms with E-state index in [2.05, 4.69) is 38.8 Å². The molecule has 8 nitrogen and oxygen atoms in total. The fourth-order valence-corrected chi connectivity index (χ4v) is 5.40. The molecule has 3 atom stereocenters. The molecule has 0 spiro atoms. The Morgan fingerprint density at radius 1 is 1.21 bits per heavy atom. The Morgan fingerprint density at radius 3 is 2.68 bits per heavy atom. The molecule has 1 fully saturated rings. The van der Waals surface area contributed by atoms with Crippen molar-refractivity contribution < 1.29 is 13.9 Å². The van der Waals surface area contributed by atoms with Gasteiger partial charge in [-0.2, -0.15) is 0 Å². The summed E-state index contributed by atoms with van der Waals surface area (Å²) in [6.07, 6.45) is 2.89. The van der Waals surface area contributed by atoms with Crippen molar-refractivity contribution in [3.05, 3.63) is 54.0 Å². The molecule has 2 aromatic heterocycles. The van der Waals surface area contributed by atoms with Gasteiger partial charge >= 0.3 is 0 Å². The van der Waals surface area contributed by atoms with Gasteiger partial charge in [0.1, 0.15) is 11.5 Å². The van der Waals surface area contributed by atoms with Crippen LogP contribution >= 0.6 is 11.8 Å². The third-order valence-electron chi connectivity index (χ3n) is 6.06. The van der Waals surface area contributed by atoms with Gasteiger partial charge in [0.15, 0.2) is 5.16 Å². The molecule has 3 aromatic rings. The number of aromatic nitrogens is 3. The highest BCUT2D eigenvalue weighted by molar-refractivity contribution is 7.99. The summed E-state index contributed by atoms with van der Waals surface area (Å²) in [6.45, 7) is 8.93. The number of methoxy groups -OCH3 is 1. The van der Waals surface area contributed by atoms with Gasteiger partial charge in [0, 0.05) is 18.7 Å². The predicted molar refractivity (Wildman–Crippen MR) is 133 cm³/mol. The fourth-order valence-electron chi connectivity index (χ4n) is 4.66. The summed E-state index contributed by atoms with van der Waals surface area (Å²) < 4.78 is 13.1. The number of ether oxygens (including phenoxy) is 1. The Balaban J connectivity index is 1.46. The van der Waals surface area contributed by atoms with Gasteiger partial charge in [0.05, 0.1) is 31.7 Å². The van der Waals surface area contributed by atoms with Crippen LogP contribution in [0.4, 0.5) is 5.95 Å². The van der Waals surface area contributed by atoms with Gasteiger partial charge < -0.3 is 19.4 Å². The molecule has 1 aromatic carbocycles. The molecule has 0 aliphatic carbocycles. The quantitative estimate of drug-likeness (QED) is 0.452. The molecule has 3 unspecified atom stereocenters. The number of furan rings is 1. The van der Waals surface area contributed by atoms with Crippen LogP contribution in [0.25, 0.3) is 0 Å². The monoisotopic (exact) mass is 483 g/mol. The Hall–Kier alpha value is -2.94. The topological polar surface area (TPSA) is 85.4 Å². The summed E-state index contributed by atoms with van der Waals surface area (Å²) in [5.41, 5.74) is 0.944. The molecule has 3 heterocycles. The summed E-state index contributed by atoms with van der Waals surface area (Å²) in [4.78, 5) is 15.1. The Kier molecular flexibility index (Phi) is 7.82. The first-order chi connectivity index (χ1) is 16.4. The number of carbonyl (C=O) groups is 1. The predicted octanol–water partition coefficient (Wildman–Crippen LogP) is 4.38. The van der Waals surface area contributed by atoms with Crippen LogP contribution in [0.15, 0.2) is 52.2 Å². The maximum Gasteiger partial charge on any atom is 0.230 e. The van der Waals surface area contributed by atoms with Crippen LogP contribution in [0.5, 0.6) is 5.75 Å². The molecule has 0 saturated carbocycles. The number of nitrogens with zero attached hydrogens (tertiary/aromatic N) is 4. The Labute approximate surface area is 205 Å². The van der Waals surface area contributed by atoms with Crippen molar-refractivity contribution in [3.8, 4) is 5.75 Å². The van der Waals surface area contributed by atoms with Crippen molar-refractivity contribution in [2.75, 3.05) is 30.9 Å². The van der Waals surface area contributed by atoms with Crippen LogP contribution in [-0.2, 0) is 11.3 Å². The second-order valence-electron chi connectivity index (χ2n) is 9.12. The zero-order chi connectivity index (χ0) is 24.1. The van der Waals surface area contributed by atoms with E-state index < -0.39 is 0 Å². The second kappa shape index (κ2) is 11.0. The first kappa shape index (κ1) is 24.2. The van der Waals surface area contributed by atoms with E-state index in [4.69, 9.17) is 9.15 Å². The molecule has 1 amide bonds. The lowest BCUT2D eigenvalue weighted by Crippen LogP contribution is -2.40. The number of nitrogens with one attached hydrogen (secondary N) is 1. The molecule has 182 valence electrons. The number of thioether (sulfide) groups is 1. The van der Waals surface area contributed by atoms with Crippen LogP contribution in [0.3, 0.4) is 0 Å². The fraction of sp³-hybridized carbons (Fsp3) is 0.480. The maximum absolute atomic E-state index is 12.8. The first-order valence-corrected chi connectivity index (χ1v) is 12.7. The lowest BCUT2D eigenvalue weighted by molar-refractivity contribution is -0.119. The summed E-state index contributed by atoms with van der Waals surface area (Å²) in [6, 6.07) is 11.4. The van der Waals surface area contributed by atoms with Crippen molar-refractivity contribution in [2.45, 2.75) is 44.9 Å². The van der Waals surface area contributed by atoms with Crippen LogP contribution in [0, 0.1) is 11.8 Å². The molecule has 1 aliphatic heterocycles. The smallest absolute Gasteiger partial charge is 0.230 e. The number of para-hydroxylation sites is 1. The van der Waals surface area contributed by atoms with E-state index in [9.17, 15) is 4.79 Å². The van der Waals surface area contributed by atoms with Crippen LogP contribution < -0.4 is 15.0 Å². The van der Waals surface area contributed by atoms with Gasteiger partial charge in [-0.15, -0.1) is 10.2 Å². The number of amides is 1. The van der Waals surface area contributed by atoms with Crippen molar-refractivity contribution >= 4 is 23.6 Å². The molecular formula is C25H33N5O3S. The van der Waals surface area contributed by atoms with Crippen LogP contribution in [0.2, 0.25) is 0 Å². The number of hydrogen-bond acceptors (Lipinski definition) is 7. The number of rotatable bonds is 9.